The maximum Gasteiger partial charge on any atom is 0.151 e. The Morgan fingerprint density at radius 3 is 3.00 bits per heavy atom. The summed E-state index contributed by atoms with van der Waals surface area (Å²) in [6, 6.07) is 15.0. The third-order valence-corrected chi connectivity index (χ3v) is 4.85. The third-order valence-electron chi connectivity index (χ3n) is 4.85. The summed E-state index contributed by atoms with van der Waals surface area (Å²) in [6.45, 7) is 4.92. The Hall–Kier alpha value is -2.53. The minimum atomic E-state index is 0.478. The summed E-state index contributed by atoms with van der Waals surface area (Å²) in [7, 11) is 0. The van der Waals surface area contributed by atoms with Gasteiger partial charge in [-0.3, -0.25) is 4.98 Å². The van der Waals surface area contributed by atoms with Crippen molar-refractivity contribution in [3.8, 4) is 0 Å². The molecule has 0 radical (unpaired) electrons. The van der Waals surface area contributed by atoms with Crippen LogP contribution in [0.25, 0.3) is 10.9 Å². The van der Waals surface area contributed by atoms with Gasteiger partial charge in [0.1, 0.15) is 0 Å². The van der Waals surface area contributed by atoms with Crippen LogP contribution in [0, 0.1) is 6.92 Å². The average Bonchev–Trinajstić information content (AvgIpc) is 3.11. The van der Waals surface area contributed by atoms with Gasteiger partial charge in [0, 0.05) is 43.0 Å². The summed E-state index contributed by atoms with van der Waals surface area (Å²) >= 11 is 0. The maximum atomic E-state index is 4.62. The molecule has 3 heterocycles. The van der Waals surface area contributed by atoms with Gasteiger partial charge in [0.25, 0.3) is 0 Å². The number of hydrogen-bond acceptors (Lipinski definition) is 5. The molecule has 0 spiro atoms. The summed E-state index contributed by atoms with van der Waals surface area (Å²) in [6.07, 6.45) is 4.13. The van der Waals surface area contributed by atoms with Crippen LogP contribution in [-0.2, 0) is 6.54 Å². The number of nitrogens with one attached hydrogen (secondary N) is 1. The van der Waals surface area contributed by atoms with E-state index >= 15 is 0 Å². The molecule has 3 aromatic rings. The molecule has 0 unspecified atom stereocenters. The lowest BCUT2D eigenvalue weighted by molar-refractivity contribution is 0.570. The molecule has 1 aliphatic heterocycles. The lowest BCUT2D eigenvalue weighted by Crippen LogP contribution is -2.38. The van der Waals surface area contributed by atoms with Crippen LogP contribution in [0.1, 0.15) is 24.1 Å². The molecule has 1 aliphatic rings. The van der Waals surface area contributed by atoms with Crippen molar-refractivity contribution in [1.82, 2.24) is 20.5 Å². The number of anilines is 1. The van der Waals surface area contributed by atoms with Crippen molar-refractivity contribution in [2.45, 2.75) is 32.4 Å². The summed E-state index contributed by atoms with van der Waals surface area (Å²) in [4.78, 5) is 6.99. The maximum absolute atomic E-state index is 4.62. The molecular weight excluding hydrogens is 310 g/mol. The summed E-state index contributed by atoms with van der Waals surface area (Å²) in [5, 5.41) is 13.2. The fourth-order valence-corrected chi connectivity index (χ4v) is 3.71. The predicted molar refractivity (Wildman–Crippen MR) is 101 cm³/mol. The molecule has 1 fully saturated rings. The zero-order chi connectivity index (χ0) is 17.1. The van der Waals surface area contributed by atoms with Crippen molar-refractivity contribution in [3.05, 3.63) is 59.9 Å². The number of aryl methyl sites for hydroxylation is 1. The minimum absolute atomic E-state index is 0.478. The van der Waals surface area contributed by atoms with Crippen molar-refractivity contribution < 1.29 is 0 Å². The van der Waals surface area contributed by atoms with Gasteiger partial charge in [-0.15, -0.1) is 5.10 Å². The van der Waals surface area contributed by atoms with Gasteiger partial charge >= 0.3 is 0 Å². The molecule has 1 atom stereocenters. The normalized spacial score (nSPS) is 17.3. The molecule has 0 aliphatic carbocycles. The summed E-state index contributed by atoms with van der Waals surface area (Å²) in [5.41, 5.74) is 3.45. The fourth-order valence-electron chi connectivity index (χ4n) is 3.71. The first kappa shape index (κ1) is 16.0. The SMILES string of the molecule is Cc1cc(CNC[C@H]2CCCN2c2cccnn2)c2ccccc2n1. The number of fused-ring (bicyclic) bond motifs is 1. The Kier molecular flexibility index (Phi) is 4.57. The monoisotopic (exact) mass is 333 g/mol. The van der Waals surface area contributed by atoms with Gasteiger partial charge in [-0.25, -0.2) is 0 Å². The molecule has 0 saturated carbocycles. The molecule has 4 rings (SSSR count). The molecule has 0 bridgehead atoms. The Labute approximate surface area is 148 Å². The van der Waals surface area contributed by atoms with Crippen LogP contribution in [-0.4, -0.2) is 34.3 Å². The van der Waals surface area contributed by atoms with Crippen molar-refractivity contribution in [2.24, 2.45) is 0 Å². The molecule has 2 aromatic heterocycles. The highest BCUT2D eigenvalue weighted by Crippen LogP contribution is 2.23. The van der Waals surface area contributed by atoms with Crippen molar-refractivity contribution in [2.75, 3.05) is 18.0 Å². The number of para-hydroxylation sites is 1. The van der Waals surface area contributed by atoms with Gasteiger partial charge in [0.05, 0.1) is 5.52 Å². The van der Waals surface area contributed by atoms with E-state index in [0.717, 1.165) is 36.7 Å². The lowest BCUT2D eigenvalue weighted by Gasteiger charge is -2.25. The van der Waals surface area contributed by atoms with Crippen LogP contribution in [0.15, 0.2) is 48.7 Å². The van der Waals surface area contributed by atoms with E-state index in [0.29, 0.717) is 6.04 Å². The number of pyridine rings is 1. The first-order valence-corrected chi connectivity index (χ1v) is 8.91. The molecule has 1 saturated heterocycles. The van der Waals surface area contributed by atoms with Crippen LogP contribution >= 0.6 is 0 Å². The van der Waals surface area contributed by atoms with Gasteiger partial charge in [0.15, 0.2) is 5.82 Å². The predicted octanol–water partition coefficient (Wildman–Crippen LogP) is 3.09. The van der Waals surface area contributed by atoms with Gasteiger partial charge in [-0.1, -0.05) is 18.2 Å². The molecule has 1 aromatic carbocycles. The zero-order valence-electron chi connectivity index (χ0n) is 14.5. The second kappa shape index (κ2) is 7.15. The fraction of sp³-hybridized carbons (Fsp3) is 0.350. The minimum Gasteiger partial charge on any atom is -0.351 e. The van der Waals surface area contributed by atoms with Gasteiger partial charge in [0.2, 0.25) is 0 Å². The topological polar surface area (TPSA) is 53.9 Å². The van der Waals surface area contributed by atoms with E-state index in [1.807, 2.05) is 18.2 Å². The summed E-state index contributed by atoms with van der Waals surface area (Å²) in [5.74, 6) is 0.983. The Morgan fingerprint density at radius 2 is 2.12 bits per heavy atom. The molecule has 1 N–H and O–H groups in total. The Morgan fingerprint density at radius 1 is 1.20 bits per heavy atom. The lowest BCUT2D eigenvalue weighted by atomic mass is 10.1. The van der Waals surface area contributed by atoms with Gasteiger partial charge in [-0.05, 0) is 49.6 Å². The van der Waals surface area contributed by atoms with Crippen LogP contribution in [0.2, 0.25) is 0 Å². The van der Waals surface area contributed by atoms with E-state index in [9.17, 15) is 0 Å². The van der Waals surface area contributed by atoms with Crippen molar-refractivity contribution >= 4 is 16.7 Å². The standard InChI is InChI=1S/C20H23N5/c1-15-12-16(18-7-2-3-8-19(18)23-15)13-21-14-17-6-5-11-25(17)20-9-4-10-22-24-20/h2-4,7-10,12,17,21H,5-6,11,13-14H2,1H3/t17-/m1/s1. The highest BCUT2D eigenvalue weighted by molar-refractivity contribution is 5.82. The highest BCUT2D eigenvalue weighted by atomic mass is 15.3. The molecule has 25 heavy (non-hydrogen) atoms. The van der Waals surface area contributed by atoms with E-state index in [1.54, 1.807) is 6.20 Å². The molecule has 5 nitrogen and oxygen atoms in total. The van der Waals surface area contributed by atoms with Crippen LogP contribution in [0.4, 0.5) is 5.82 Å². The van der Waals surface area contributed by atoms with E-state index in [-0.39, 0.29) is 0 Å². The number of hydrogen-bond donors (Lipinski definition) is 1. The van der Waals surface area contributed by atoms with Gasteiger partial charge < -0.3 is 10.2 Å². The quantitative estimate of drug-likeness (QED) is 0.777. The van der Waals surface area contributed by atoms with E-state index in [1.165, 1.54) is 23.8 Å². The van der Waals surface area contributed by atoms with Crippen LogP contribution in [0.3, 0.4) is 0 Å². The summed E-state index contributed by atoms with van der Waals surface area (Å²) < 4.78 is 0. The van der Waals surface area contributed by atoms with Crippen LogP contribution in [0.5, 0.6) is 0 Å². The third kappa shape index (κ3) is 3.46. The second-order valence-corrected chi connectivity index (χ2v) is 6.64. The number of benzene rings is 1. The van der Waals surface area contributed by atoms with Crippen molar-refractivity contribution in [3.63, 3.8) is 0 Å². The van der Waals surface area contributed by atoms with Crippen LogP contribution < -0.4 is 10.2 Å². The number of nitrogens with zero attached hydrogens (tertiary/aromatic N) is 4. The molecule has 0 amide bonds. The van der Waals surface area contributed by atoms with Gasteiger partial charge in [-0.2, -0.15) is 5.10 Å². The largest absolute Gasteiger partial charge is 0.351 e. The first-order chi connectivity index (χ1) is 12.3. The first-order valence-electron chi connectivity index (χ1n) is 8.91. The molecule has 5 heteroatoms. The number of rotatable bonds is 5. The second-order valence-electron chi connectivity index (χ2n) is 6.64. The highest BCUT2D eigenvalue weighted by Gasteiger charge is 2.25. The van der Waals surface area contributed by atoms with E-state index < -0.39 is 0 Å². The smallest absolute Gasteiger partial charge is 0.151 e. The van der Waals surface area contributed by atoms with E-state index in [2.05, 4.69) is 56.6 Å². The zero-order valence-corrected chi connectivity index (χ0v) is 14.5. The Bertz CT molecular complexity index is 849. The Balaban J connectivity index is 1.44. The van der Waals surface area contributed by atoms with Crippen molar-refractivity contribution in [1.29, 1.82) is 0 Å². The molecule has 128 valence electrons. The number of aromatic nitrogens is 3. The molecular formula is C20H23N5. The average molecular weight is 333 g/mol. The van der Waals surface area contributed by atoms with E-state index in [4.69, 9.17) is 0 Å².